The van der Waals surface area contributed by atoms with Gasteiger partial charge in [-0.2, -0.15) is 13.4 Å². The molecule has 3 aromatic rings. The molecule has 26 heavy (non-hydrogen) atoms. The number of aromatic nitrogens is 4. The molecule has 0 bridgehead atoms. The number of nitrogens with zero attached hydrogens (tertiary/aromatic N) is 5. The number of ether oxygens (including phenoxy) is 1. The fourth-order valence-electron chi connectivity index (χ4n) is 1.79. The maximum absolute atomic E-state index is 10.9. The van der Waals surface area contributed by atoms with Gasteiger partial charge in [0.25, 0.3) is 0 Å². The van der Waals surface area contributed by atoms with Crippen LogP contribution in [-0.4, -0.2) is 40.9 Å². The molecule has 0 aliphatic carbocycles. The molecule has 0 atom stereocenters. The van der Waals surface area contributed by atoms with Crippen molar-refractivity contribution in [3.63, 3.8) is 0 Å². The third-order valence-corrected chi connectivity index (χ3v) is 3.25. The summed E-state index contributed by atoms with van der Waals surface area (Å²) in [6.07, 6.45) is 3.69. The molecule has 0 aliphatic heterocycles. The summed E-state index contributed by atoms with van der Waals surface area (Å²) >= 11 is 5.65. The Labute approximate surface area is 154 Å². The minimum absolute atomic E-state index is 0.0731. The maximum Gasteiger partial charge on any atom is 0.362 e. The SMILES string of the molecule is COc1cc(C)nc(NC(=O)N=S(=O)=O)n1.Clc1cn2ccccc2n1. The van der Waals surface area contributed by atoms with Crippen molar-refractivity contribution in [3.8, 4) is 5.88 Å². The van der Waals surface area contributed by atoms with Gasteiger partial charge in [-0.25, -0.2) is 14.8 Å². The van der Waals surface area contributed by atoms with E-state index in [-0.39, 0.29) is 11.8 Å². The number of fused-ring (bicyclic) bond motifs is 1. The Morgan fingerprint density at radius 2 is 2.08 bits per heavy atom. The van der Waals surface area contributed by atoms with Crippen molar-refractivity contribution >= 4 is 39.7 Å². The van der Waals surface area contributed by atoms with Crippen molar-refractivity contribution in [2.45, 2.75) is 6.92 Å². The molecule has 0 spiro atoms. The number of amides is 2. The van der Waals surface area contributed by atoms with Gasteiger partial charge in [0.2, 0.25) is 11.8 Å². The minimum Gasteiger partial charge on any atom is -0.481 e. The first-order chi connectivity index (χ1) is 12.4. The van der Waals surface area contributed by atoms with Crippen LogP contribution in [0.4, 0.5) is 10.7 Å². The van der Waals surface area contributed by atoms with Crippen LogP contribution in [0.1, 0.15) is 5.69 Å². The van der Waals surface area contributed by atoms with Crippen LogP contribution in [0, 0.1) is 6.92 Å². The largest absolute Gasteiger partial charge is 0.481 e. The average Bonchev–Trinajstić information content (AvgIpc) is 2.94. The van der Waals surface area contributed by atoms with Crippen molar-refractivity contribution in [3.05, 3.63) is 47.5 Å². The molecule has 0 radical (unpaired) electrons. The Hall–Kier alpha value is -3.05. The van der Waals surface area contributed by atoms with Gasteiger partial charge in [0.05, 0.1) is 7.11 Å². The van der Waals surface area contributed by atoms with E-state index in [4.69, 9.17) is 16.3 Å². The number of imidazole rings is 1. The predicted octanol–water partition coefficient (Wildman–Crippen LogP) is 2.38. The lowest BCUT2D eigenvalue weighted by atomic mass is 10.4. The highest BCUT2D eigenvalue weighted by atomic mass is 35.5. The predicted molar refractivity (Wildman–Crippen MR) is 93.9 cm³/mol. The van der Waals surface area contributed by atoms with Gasteiger partial charge in [0, 0.05) is 24.2 Å². The summed E-state index contributed by atoms with van der Waals surface area (Å²) < 4.78 is 29.6. The lowest BCUT2D eigenvalue weighted by Crippen LogP contribution is -2.10. The number of urea groups is 1. The van der Waals surface area contributed by atoms with Crippen molar-refractivity contribution < 1.29 is 17.9 Å². The summed E-state index contributed by atoms with van der Waals surface area (Å²) in [5.41, 5.74) is 1.44. The Balaban J connectivity index is 0.000000206. The van der Waals surface area contributed by atoms with Gasteiger partial charge in [-0.3, -0.25) is 5.32 Å². The fraction of sp³-hybridized carbons (Fsp3) is 0.143. The summed E-state index contributed by atoms with van der Waals surface area (Å²) in [4.78, 5) is 22.6. The minimum atomic E-state index is -2.81. The molecular weight excluding hydrogens is 384 g/mol. The molecule has 0 saturated carbocycles. The van der Waals surface area contributed by atoms with Gasteiger partial charge < -0.3 is 9.14 Å². The van der Waals surface area contributed by atoms with Crippen molar-refractivity contribution in [1.29, 1.82) is 0 Å². The Morgan fingerprint density at radius 3 is 2.73 bits per heavy atom. The Kier molecular flexibility index (Phi) is 6.58. The van der Waals surface area contributed by atoms with Crippen LogP contribution >= 0.6 is 11.6 Å². The summed E-state index contributed by atoms with van der Waals surface area (Å²) in [7, 11) is -1.40. The summed E-state index contributed by atoms with van der Waals surface area (Å²) in [6, 6.07) is 6.26. The number of rotatable bonds is 2. The topological polar surface area (TPSA) is 128 Å². The van der Waals surface area contributed by atoms with E-state index in [1.54, 1.807) is 19.2 Å². The van der Waals surface area contributed by atoms with E-state index in [0.29, 0.717) is 10.8 Å². The molecule has 0 aliphatic rings. The maximum atomic E-state index is 10.9. The first kappa shape index (κ1) is 19.3. The molecule has 3 rings (SSSR count). The normalized spacial score (nSPS) is 9.81. The molecule has 0 aromatic carbocycles. The quantitative estimate of drug-likeness (QED) is 0.704. The van der Waals surface area contributed by atoms with Gasteiger partial charge in [-0.05, 0) is 19.1 Å². The van der Waals surface area contributed by atoms with Crippen LogP contribution in [0.3, 0.4) is 0 Å². The van der Waals surface area contributed by atoms with E-state index in [1.165, 1.54) is 7.11 Å². The van der Waals surface area contributed by atoms with Gasteiger partial charge in [0.1, 0.15) is 10.8 Å². The first-order valence-electron chi connectivity index (χ1n) is 6.98. The Morgan fingerprint density at radius 1 is 1.31 bits per heavy atom. The van der Waals surface area contributed by atoms with E-state index in [2.05, 4.69) is 24.6 Å². The molecule has 0 fully saturated rings. The molecular formula is C14H13ClN6O4S. The second kappa shape index (κ2) is 8.87. The number of methoxy groups -OCH3 is 1. The van der Waals surface area contributed by atoms with Crippen molar-refractivity contribution in [2.24, 2.45) is 4.36 Å². The highest BCUT2D eigenvalue weighted by Gasteiger charge is 2.06. The zero-order valence-electron chi connectivity index (χ0n) is 13.6. The number of carbonyl (C=O) groups excluding carboxylic acids is 1. The molecule has 12 heteroatoms. The number of halogens is 1. The van der Waals surface area contributed by atoms with Crippen LogP contribution in [0.25, 0.3) is 5.65 Å². The van der Waals surface area contributed by atoms with Crippen molar-refractivity contribution in [2.75, 3.05) is 12.4 Å². The number of aryl methyl sites for hydroxylation is 1. The molecule has 10 nitrogen and oxygen atoms in total. The van der Waals surface area contributed by atoms with Crippen LogP contribution in [0.2, 0.25) is 5.15 Å². The molecule has 3 aromatic heterocycles. The molecule has 2 amide bonds. The second-order valence-electron chi connectivity index (χ2n) is 4.64. The number of nitrogens with one attached hydrogen (secondary N) is 1. The Bertz CT molecular complexity index is 1030. The van der Waals surface area contributed by atoms with E-state index in [1.807, 2.05) is 28.8 Å². The third-order valence-electron chi connectivity index (χ3n) is 2.75. The first-order valence-corrected chi connectivity index (χ1v) is 8.39. The van der Waals surface area contributed by atoms with E-state index < -0.39 is 16.5 Å². The standard InChI is InChI=1S/C7H5ClN2.C7H8N4O4S/c8-6-5-10-4-2-1-3-7(10)9-6;1-4-3-5(15-2)9-6(8-4)10-7(12)11-16(13)14/h1-5H;3H,1-2H3,(H,8,9,10,12). The zero-order valence-corrected chi connectivity index (χ0v) is 15.2. The lowest BCUT2D eigenvalue weighted by Gasteiger charge is -2.03. The number of anilines is 1. The average molecular weight is 397 g/mol. The van der Waals surface area contributed by atoms with E-state index >= 15 is 0 Å². The molecule has 0 saturated heterocycles. The van der Waals surface area contributed by atoms with Crippen LogP contribution in [0.15, 0.2) is 41.0 Å². The highest BCUT2D eigenvalue weighted by molar-refractivity contribution is 7.62. The van der Waals surface area contributed by atoms with Gasteiger partial charge in [0.15, 0.2) is 0 Å². The van der Waals surface area contributed by atoms with Gasteiger partial charge in [-0.1, -0.05) is 22.0 Å². The molecule has 136 valence electrons. The fourth-order valence-corrected chi connectivity index (χ4v) is 2.16. The summed E-state index contributed by atoms with van der Waals surface area (Å²) in [5.74, 6) is 0.182. The lowest BCUT2D eigenvalue weighted by molar-refractivity contribution is 0.259. The van der Waals surface area contributed by atoms with Crippen LogP contribution in [-0.2, 0) is 10.5 Å². The number of pyridine rings is 1. The molecule has 1 N–H and O–H groups in total. The third kappa shape index (κ3) is 5.79. The summed E-state index contributed by atoms with van der Waals surface area (Å²) in [6.45, 7) is 1.67. The monoisotopic (exact) mass is 396 g/mol. The number of carbonyl (C=O) groups is 1. The zero-order chi connectivity index (χ0) is 19.1. The van der Waals surface area contributed by atoms with E-state index in [0.717, 1.165) is 5.65 Å². The molecule has 0 unspecified atom stereocenters. The van der Waals surface area contributed by atoms with Crippen LogP contribution < -0.4 is 10.1 Å². The number of hydrogen-bond acceptors (Lipinski definition) is 7. The molecule has 3 heterocycles. The van der Waals surface area contributed by atoms with Crippen LogP contribution in [0.5, 0.6) is 5.88 Å². The van der Waals surface area contributed by atoms with Gasteiger partial charge in [-0.15, -0.1) is 0 Å². The van der Waals surface area contributed by atoms with Gasteiger partial charge >= 0.3 is 16.5 Å². The highest BCUT2D eigenvalue weighted by Crippen LogP contribution is 2.11. The second-order valence-corrected chi connectivity index (χ2v) is 5.65. The smallest absolute Gasteiger partial charge is 0.362 e. The van der Waals surface area contributed by atoms with E-state index in [9.17, 15) is 13.2 Å². The van der Waals surface area contributed by atoms with Crippen molar-refractivity contribution in [1.82, 2.24) is 19.4 Å². The number of hydrogen-bond donors (Lipinski definition) is 1. The summed E-state index contributed by atoms with van der Waals surface area (Å²) in [5, 5.41) is 2.62.